The van der Waals surface area contributed by atoms with E-state index < -0.39 is 0 Å². The SMILES string of the molecule is Cc1ccc(C(C)(C)C)c(OC(C)(C)C)c1. The molecule has 0 N–H and O–H groups in total. The molecule has 0 heterocycles. The van der Waals surface area contributed by atoms with E-state index in [9.17, 15) is 0 Å². The van der Waals surface area contributed by atoms with Gasteiger partial charge in [-0.1, -0.05) is 32.9 Å². The Balaban J connectivity index is 3.19. The molecule has 1 heteroatoms. The number of hydrogen-bond donors (Lipinski definition) is 0. The topological polar surface area (TPSA) is 9.23 Å². The molecule has 0 aliphatic carbocycles. The quantitative estimate of drug-likeness (QED) is 0.678. The van der Waals surface area contributed by atoms with E-state index >= 15 is 0 Å². The van der Waals surface area contributed by atoms with Gasteiger partial charge in [-0.2, -0.15) is 0 Å². The van der Waals surface area contributed by atoms with Crippen molar-refractivity contribution in [3.8, 4) is 5.75 Å². The lowest BCUT2D eigenvalue weighted by molar-refractivity contribution is 0.127. The summed E-state index contributed by atoms with van der Waals surface area (Å²) in [5, 5.41) is 0. The van der Waals surface area contributed by atoms with Gasteiger partial charge in [-0.25, -0.2) is 0 Å². The fourth-order valence-corrected chi connectivity index (χ4v) is 1.66. The smallest absolute Gasteiger partial charge is 0.124 e. The molecule has 0 saturated carbocycles. The monoisotopic (exact) mass is 220 g/mol. The fraction of sp³-hybridized carbons (Fsp3) is 0.600. The van der Waals surface area contributed by atoms with Gasteiger partial charge in [0.2, 0.25) is 0 Å². The first-order valence-electron chi connectivity index (χ1n) is 5.90. The summed E-state index contributed by atoms with van der Waals surface area (Å²) in [6.45, 7) is 15.0. The number of ether oxygens (including phenoxy) is 1. The fourth-order valence-electron chi connectivity index (χ4n) is 1.66. The minimum absolute atomic E-state index is 0.119. The van der Waals surface area contributed by atoms with Gasteiger partial charge in [0.25, 0.3) is 0 Å². The van der Waals surface area contributed by atoms with E-state index in [1.54, 1.807) is 0 Å². The Kier molecular flexibility index (Phi) is 3.37. The van der Waals surface area contributed by atoms with Crippen LogP contribution in [0.15, 0.2) is 18.2 Å². The van der Waals surface area contributed by atoms with Crippen LogP contribution in [-0.2, 0) is 5.41 Å². The summed E-state index contributed by atoms with van der Waals surface area (Å²) in [6.07, 6.45) is 0. The van der Waals surface area contributed by atoms with Crippen molar-refractivity contribution < 1.29 is 4.74 Å². The largest absolute Gasteiger partial charge is 0.488 e. The minimum atomic E-state index is -0.145. The molecule has 0 radical (unpaired) electrons. The molecule has 1 aromatic carbocycles. The number of aryl methyl sites for hydroxylation is 1. The summed E-state index contributed by atoms with van der Waals surface area (Å²) in [6, 6.07) is 6.46. The third-order valence-corrected chi connectivity index (χ3v) is 2.36. The number of benzene rings is 1. The summed E-state index contributed by atoms with van der Waals surface area (Å²) in [5.74, 6) is 1.01. The summed E-state index contributed by atoms with van der Waals surface area (Å²) in [7, 11) is 0. The molecular weight excluding hydrogens is 196 g/mol. The molecular formula is C15H24O. The van der Waals surface area contributed by atoms with E-state index in [0.29, 0.717) is 0 Å². The molecule has 90 valence electrons. The van der Waals surface area contributed by atoms with E-state index in [-0.39, 0.29) is 11.0 Å². The van der Waals surface area contributed by atoms with Crippen molar-refractivity contribution in [2.75, 3.05) is 0 Å². The zero-order valence-corrected chi connectivity index (χ0v) is 11.6. The third kappa shape index (κ3) is 3.55. The van der Waals surface area contributed by atoms with Gasteiger partial charge >= 0.3 is 0 Å². The maximum atomic E-state index is 6.04. The highest BCUT2D eigenvalue weighted by Gasteiger charge is 2.22. The van der Waals surface area contributed by atoms with Crippen molar-refractivity contribution in [2.45, 2.75) is 59.5 Å². The molecule has 0 aromatic heterocycles. The molecule has 0 bridgehead atoms. The standard InChI is InChI=1S/C15H24O/c1-11-8-9-12(14(2,3)4)13(10-11)16-15(5,6)7/h8-10H,1-7H3. The molecule has 1 rings (SSSR count). The molecule has 0 fully saturated rings. The summed E-state index contributed by atoms with van der Waals surface area (Å²) >= 11 is 0. The average Bonchev–Trinajstić information content (AvgIpc) is 1.97. The van der Waals surface area contributed by atoms with Crippen molar-refractivity contribution in [1.82, 2.24) is 0 Å². The first kappa shape index (κ1) is 13.1. The zero-order valence-electron chi connectivity index (χ0n) is 11.6. The predicted molar refractivity (Wildman–Crippen MR) is 70.3 cm³/mol. The minimum Gasteiger partial charge on any atom is -0.488 e. The molecule has 0 spiro atoms. The Morgan fingerprint density at radius 2 is 1.50 bits per heavy atom. The van der Waals surface area contributed by atoms with Crippen LogP contribution >= 0.6 is 0 Å². The first-order chi connectivity index (χ1) is 7.09. The van der Waals surface area contributed by atoms with E-state index in [2.05, 4.69) is 66.7 Å². The Morgan fingerprint density at radius 1 is 0.938 bits per heavy atom. The summed E-state index contributed by atoms with van der Waals surface area (Å²) in [5.41, 5.74) is 2.49. The van der Waals surface area contributed by atoms with Crippen LogP contribution in [0, 0.1) is 6.92 Å². The molecule has 1 aromatic rings. The van der Waals surface area contributed by atoms with Crippen molar-refractivity contribution in [1.29, 1.82) is 0 Å². The highest BCUT2D eigenvalue weighted by atomic mass is 16.5. The van der Waals surface area contributed by atoms with E-state index in [1.165, 1.54) is 11.1 Å². The van der Waals surface area contributed by atoms with Gasteiger partial charge in [0.05, 0.1) is 0 Å². The lowest BCUT2D eigenvalue weighted by atomic mass is 9.86. The Morgan fingerprint density at radius 3 is 1.94 bits per heavy atom. The average molecular weight is 220 g/mol. The molecule has 0 aliphatic heterocycles. The van der Waals surface area contributed by atoms with Crippen LogP contribution in [0.25, 0.3) is 0 Å². The second-order valence-corrected chi connectivity index (χ2v) is 6.46. The third-order valence-electron chi connectivity index (χ3n) is 2.36. The molecule has 0 atom stereocenters. The van der Waals surface area contributed by atoms with Crippen LogP contribution in [0.2, 0.25) is 0 Å². The van der Waals surface area contributed by atoms with Crippen LogP contribution in [0.3, 0.4) is 0 Å². The van der Waals surface area contributed by atoms with Crippen molar-refractivity contribution in [2.24, 2.45) is 0 Å². The van der Waals surface area contributed by atoms with E-state index in [4.69, 9.17) is 4.74 Å². The van der Waals surface area contributed by atoms with Crippen LogP contribution in [0.4, 0.5) is 0 Å². The molecule has 16 heavy (non-hydrogen) atoms. The highest BCUT2D eigenvalue weighted by Crippen LogP contribution is 2.33. The summed E-state index contributed by atoms with van der Waals surface area (Å²) < 4.78 is 6.04. The molecule has 0 saturated heterocycles. The molecule has 0 unspecified atom stereocenters. The maximum absolute atomic E-state index is 6.04. The molecule has 0 amide bonds. The van der Waals surface area contributed by atoms with Gasteiger partial charge in [0.15, 0.2) is 0 Å². The van der Waals surface area contributed by atoms with Crippen LogP contribution in [0.5, 0.6) is 5.75 Å². The second-order valence-electron chi connectivity index (χ2n) is 6.46. The van der Waals surface area contributed by atoms with Gasteiger partial charge in [-0.15, -0.1) is 0 Å². The second kappa shape index (κ2) is 4.12. The Hall–Kier alpha value is -0.980. The van der Waals surface area contributed by atoms with Gasteiger partial charge in [0.1, 0.15) is 11.4 Å². The van der Waals surface area contributed by atoms with Gasteiger partial charge in [-0.3, -0.25) is 0 Å². The zero-order chi connectivity index (χ0) is 12.6. The highest BCUT2D eigenvalue weighted by molar-refractivity contribution is 5.41. The lowest BCUT2D eigenvalue weighted by Gasteiger charge is -2.28. The van der Waals surface area contributed by atoms with Crippen molar-refractivity contribution >= 4 is 0 Å². The lowest BCUT2D eigenvalue weighted by Crippen LogP contribution is -2.25. The molecule has 1 nitrogen and oxygen atoms in total. The van der Waals surface area contributed by atoms with Gasteiger partial charge in [-0.05, 0) is 50.3 Å². The van der Waals surface area contributed by atoms with Crippen LogP contribution in [-0.4, -0.2) is 5.60 Å². The summed E-state index contributed by atoms with van der Waals surface area (Å²) in [4.78, 5) is 0. The van der Waals surface area contributed by atoms with Crippen LogP contribution in [0.1, 0.15) is 52.7 Å². The van der Waals surface area contributed by atoms with Gasteiger partial charge in [0, 0.05) is 0 Å². The van der Waals surface area contributed by atoms with Crippen molar-refractivity contribution in [3.63, 3.8) is 0 Å². The van der Waals surface area contributed by atoms with Gasteiger partial charge < -0.3 is 4.74 Å². The number of rotatable bonds is 1. The molecule has 0 aliphatic rings. The number of hydrogen-bond acceptors (Lipinski definition) is 1. The predicted octanol–water partition coefficient (Wildman–Crippen LogP) is 4.47. The normalized spacial score (nSPS) is 12.7. The Bertz CT molecular complexity index is 364. The Labute approximate surface area is 99.8 Å². The first-order valence-corrected chi connectivity index (χ1v) is 5.90. The van der Waals surface area contributed by atoms with E-state index in [0.717, 1.165) is 5.75 Å². The van der Waals surface area contributed by atoms with Crippen molar-refractivity contribution in [3.05, 3.63) is 29.3 Å². The maximum Gasteiger partial charge on any atom is 0.124 e. The van der Waals surface area contributed by atoms with Crippen LogP contribution < -0.4 is 4.74 Å². The van der Waals surface area contributed by atoms with E-state index in [1.807, 2.05) is 0 Å².